The maximum atomic E-state index is 12.0. The van der Waals surface area contributed by atoms with Crippen LogP contribution in [0.5, 0.6) is 0 Å². The lowest BCUT2D eigenvalue weighted by molar-refractivity contribution is -0.130. The number of carbonyl (C=O) groups is 1. The maximum Gasteiger partial charge on any atom is 0.226 e. The minimum absolute atomic E-state index is 0.0729. The van der Waals surface area contributed by atoms with E-state index < -0.39 is 0 Å². The van der Waals surface area contributed by atoms with Gasteiger partial charge in [-0.1, -0.05) is 31.9 Å². The van der Waals surface area contributed by atoms with Crippen LogP contribution in [-0.2, 0) is 4.79 Å². The molecule has 15 heavy (non-hydrogen) atoms. The molecule has 0 atom stereocenters. The minimum atomic E-state index is -0.0729. The zero-order valence-electron chi connectivity index (χ0n) is 9.59. The van der Waals surface area contributed by atoms with Gasteiger partial charge in [-0.05, 0) is 19.3 Å². The molecule has 3 nitrogen and oxygen atoms in total. The first-order valence-corrected chi connectivity index (χ1v) is 5.88. The first kappa shape index (κ1) is 12.2. The molecule has 1 rings (SSSR count). The highest BCUT2D eigenvalue weighted by atomic mass is 16.2. The molecule has 0 aliphatic heterocycles. The van der Waals surface area contributed by atoms with Crippen molar-refractivity contribution in [3.05, 3.63) is 12.2 Å². The second kappa shape index (κ2) is 5.91. The van der Waals surface area contributed by atoms with Gasteiger partial charge in [-0.2, -0.15) is 0 Å². The fourth-order valence-electron chi connectivity index (χ4n) is 2.31. The topological polar surface area (TPSA) is 55.1 Å². The highest BCUT2D eigenvalue weighted by Gasteiger charge is 2.38. The minimum Gasteiger partial charge on any atom is -0.352 e. The van der Waals surface area contributed by atoms with Crippen LogP contribution in [-0.4, -0.2) is 19.0 Å². The van der Waals surface area contributed by atoms with Gasteiger partial charge < -0.3 is 11.1 Å². The van der Waals surface area contributed by atoms with Gasteiger partial charge in [0.1, 0.15) is 0 Å². The van der Waals surface area contributed by atoms with Crippen molar-refractivity contribution in [3.63, 3.8) is 0 Å². The third-order valence-electron chi connectivity index (χ3n) is 3.40. The van der Waals surface area contributed by atoms with Gasteiger partial charge in [0.05, 0.1) is 0 Å². The summed E-state index contributed by atoms with van der Waals surface area (Å²) in [5, 5.41) is 2.97. The number of amides is 1. The Labute approximate surface area is 92.1 Å². The molecule has 0 aromatic rings. The van der Waals surface area contributed by atoms with E-state index in [1.807, 2.05) is 12.2 Å². The summed E-state index contributed by atoms with van der Waals surface area (Å²) in [6.45, 7) is 3.26. The molecule has 0 spiro atoms. The fraction of sp³-hybridized carbons (Fsp3) is 0.750. The highest BCUT2D eigenvalue weighted by Crippen LogP contribution is 2.40. The van der Waals surface area contributed by atoms with E-state index in [0.29, 0.717) is 13.1 Å². The second-order valence-corrected chi connectivity index (χ2v) is 4.26. The van der Waals surface area contributed by atoms with Crippen molar-refractivity contribution in [1.82, 2.24) is 5.32 Å². The molecule has 3 N–H and O–H groups in total. The van der Waals surface area contributed by atoms with Crippen molar-refractivity contribution >= 4 is 5.91 Å². The lowest BCUT2D eigenvalue weighted by Crippen LogP contribution is -2.38. The van der Waals surface area contributed by atoms with Crippen LogP contribution in [0, 0.1) is 5.41 Å². The first-order chi connectivity index (χ1) is 7.25. The number of hydrogen-bond acceptors (Lipinski definition) is 2. The molecule has 0 unspecified atom stereocenters. The van der Waals surface area contributed by atoms with Crippen LogP contribution < -0.4 is 11.1 Å². The van der Waals surface area contributed by atoms with E-state index in [2.05, 4.69) is 12.2 Å². The molecule has 0 saturated heterocycles. The lowest BCUT2D eigenvalue weighted by atomic mass is 9.82. The molecule has 0 aromatic heterocycles. The summed E-state index contributed by atoms with van der Waals surface area (Å²) in [5.41, 5.74) is 5.25. The average Bonchev–Trinajstić information content (AvgIpc) is 2.74. The molecule has 86 valence electrons. The number of nitrogens with two attached hydrogens (primary N) is 1. The number of nitrogens with one attached hydrogen (secondary N) is 1. The smallest absolute Gasteiger partial charge is 0.226 e. The van der Waals surface area contributed by atoms with Crippen LogP contribution in [0.25, 0.3) is 0 Å². The summed E-state index contributed by atoms with van der Waals surface area (Å²) in [7, 11) is 0. The Morgan fingerprint density at radius 1 is 1.40 bits per heavy atom. The second-order valence-electron chi connectivity index (χ2n) is 4.26. The van der Waals surface area contributed by atoms with Crippen LogP contribution in [0.1, 0.15) is 39.0 Å². The summed E-state index contributed by atoms with van der Waals surface area (Å²) in [5.74, 6) is 0.226. The van der Waals surface area contributed by atoms with Gasteiger partial charge >= 0.3 is 0 Å². The van der Waals surface area contributed by atoms with Crippen LogP contribution in [0.3, 0.4) is 0 Å². The van der Waals surface area contributed by atoms with Crippen molar-refractivity contribution < 1.29 is 4.79 Å². The van der Waals surface area contributed by atoms with Gasteiger partial charge in [0, 0.05) is 18.5 Å². The van der Waals surface area contributed by atoms with Gasteiger partial charge in [-0.15, -0.1) is 0 Å². The zero-order chi connectivity index (χ0) is 11.1. The molecular weight excluding hydrogens is 188 g/mol. The first-order valence-electron chi connectivity index (χ1n) is 5.88. The van der Waals surface area contributed by atoms with Crippen molar-refractivity contribution in [2.45, 2.75) is 39.0 Å². The number of rotatable bonds is 5. The van der Waals surface area contributed by atoms with Crippen molar-refractivity contribution in [2.75, 3.05) is 13.1 Å². The fourth-order valence-corrected chi connectivity index (χ4v) is 2.31. The van der Waals surface area contributed by atoms with E-state index in [1.54, 1.807) is 0 Å². The zero-order valence-corrected chi connectivity index (χ0v) is 9.59. The van der Waals surface area contributed by atoms with E-state index in [9.17, 15) is 4.79 Å². The molecule has 0 bridgehead atoms. The molecule has 1 saturated carbocycles. The molecule has 0 aromatic carbocycles. The van der Waals surface area contributed by atoms with E-state index in [1.165, 1.54) is 12.8 Å². The average molecular weight is 210 g/mol. The van der Waals surface area contributed by atoms with E-state index >= 15 is 0 Å². The van der Waals surface area contributed by atoms with Crippen LogP contribution in [0.4, 0.5) is 0 Å². The van der Waals surface area contributed by atoms with Gasteiger partial charge in [0.2, 0.25) is 5.91 Å². The van der Waals surface area contributed by atoms with Crippen LogP contribution in [0.2, 0.25) is 0 Å². The van der Waals surface area contributed by atoms with Crippen molar-refractivity contribution in [2.24, 2.45) is 11.1 Å². The van der Waals surface area contributed by atoms with E-state index in [4.69, 9.17) is 5.73 Å². The van der Waals surface area contributed by atoms with Crippen LogP contribution in [0.15, 0.2) is 12.2 Å². The lowest BCUT2D eigenvalue weighted by Gasteiger charge is -2.25. The van der Waals surface area contributed by atoms with Gasteiger partial charge in [0.15, 0.2) is 0 Å². The Hall–Kier alpha value is -0.830. The van der Waals surface area contributed by atoms with E-state index in [-0.39, 0.29) is 11.3 Å². The molecule has 3 heteroatoms. The standard InChI is InChI=1S/C12H22N2O/c1-2-12(7-3-4-8-12)11(15)14-10-6-5-9-13/h5-6H,2-4,7-10,13H2,1H3,(H,14,15)/b6-5+. The Kier molecular flexibility index (Phi) is 4.82. The van der Waals surface area contributed by atoms with Crippen molar-refractivity contribution in [1.29, 1.82) is 0 Å². The van der Waals surface area contributed by atoms with Gasteiger partial charge in [0.25, 0.3) is 0 Å². The molecule has 0 radical (unpaired) electrons. The summed E-state index contributed by atoms with van der Waals surface area (Å²) in [6, 6.07) is 0. The Bertz CT molecular complexity index is 230. The Morgan fingerprint density at radius 3 is 2.60 bits per heavy atom. The number of carbonyl (C=O) groups excluding carboxylic acids is 1. The Balaban J connectivity index is 2.40. The molecule has 0 heterocycles. The van der Waals surface area contributed by atoms with E-state index in [0.717, 1.165) is 19.3 Å². The summed E-state index contributed by atoms with van der Waals surface area (Å²) in [6.07, 6.45) is 9.23. The molecule has 1 fully saturated rings. The number of hydrogen-bond donors (Lipinski definition) is 2. The largest absolute Gasteiger partial charge is 0.352 e. The normalized spacial score (nSPS) is 19.6. The molecular formula is C12H22N2O. The predicted molar refractivity (Wildman–Crippen MR) is 62.4 cm³/mol. The SMILES string of the molecule is CCC1(C(=O)NC/C=C/CN)CCCC1. The quantitative estimate of drug-likeness (QED) is 0.677. The highest BCUT2D eigenvalue weighted by molar-refractivity contribution is 5.82. The van der Waals surface area contributed by atoms with Gasteiger partial charge in [-0.3, -0.25) is 4.79 Å². The summed E-state index contributed by atoms with van der Waals surface area (Å²) >= 11 is 0. The van der Waals surface area contributed by atoms with Crippen molar-refractivity contribution in [3.8, 4) is 0 Å². The third kappa shape index (κ3) is 3.06. The predicted octanol–water partition coefficient (Wildman–Crippen LogP) is 1.59. The monoisotopic (exact) mass is 210 g/mol. The van der Waals surface area contributed by atoms with Gasteiger partial charge in [-0.25, -0.2) is 0 Å². The molecule has 1 aliphatic carbocycles. The molecule has 1 aliphatic rings. The molecule has 1 amide bonds. The van der Waals surface area contributed by atoms with Crippen LogP contribution >= 0.6 is 0 Å². The Morgan fingerprint density at radius 2 is 2.07 bits per heavy atom. The summed E-state index contributed by atoms with van der Waals surface area (Å²) in [4.78, 5) is 12.0. The summed E-state index contributed by atoms with van der Waals surface area (Å²) < 4.78 is 0. The maximum absolute atomic E-state index is 12.0. The third-order valence-corrected chi connectivity index (χ3v) is 3.40.